The predicted octanol–water partition coefficient (Wildman–Crippen LogP) is 0.173. The van der Waals surface area contributed by atoms with Gasteiger partial charge in [-0.05, 0) is 15.9 Å². The fourth-order valence-corrected chi connectivity index (χ4v) is 1.41. The molecule has 0 aromatic carbocycles. The Kier molecular flexibility index (Phi) is 3.19. The van der Waals surface area contributed by atoms with Crippen molar-refractivity contribution in [2.75, 3.05) is 13.6 Å². The maximum atomic E-state index is 11.7. The molecule has 6 nitrogen and oxygen atoms in total. The summed E-state index contributed by atoms with van der Waals surface area (Å²) in [6, 6.07) is 1.89. The van der Waals surface area contributed by atoms with Crippen LogP contribution >= 0.6 is 15.9 Å². The van der Waals surface area contributed by atoms with Gasteiger partial charge in [0.2, 0.25) is 0 Å². The first-order valence-electron chi connectivity index (χ1n) is 3.75. The first-order chi connectivity index (χ1) is 6.57. The van der Waals surface area contributed by atoms with Gasteiger partial charge in [-0.25, -0.2) is 4.68 Å². The van der Waals surface area contributed by atoms with E-state index in [-0.39, 0.29) is 12.5 Å². The standard InChI is InChI=1S/C7H8BrN5O/c1-12(4-3-9)7(14)5-6(8)10-11-13(5)2/h4H2,1-2H3. The fourth-order valence-electron chi connectivity index (χ4n) is 0.917. The molecule has 0 radical (unpaired) electrons. The van der Waals surface area contributed by atoms with Crippen molar-refractivity contribution >= 4 is 21.8 Å². The van der Waals surface area contributed by atoms with Crippen LogP contribution in [0, 0.1) is 11.3 Å². The molecule has 0 spiro atoms. The summed E-state index contributed by atoms with van der Waals surface area (Å²) in [7, 11) is 3.16. The van der Waals surface area contributed by atoms with Crippen LogP contribution in [0.2, 0.25) is 0 Å². The fraction of sp³-hybridized carbons (Fsp3) is 0.429. The van der Waals surface area contributed by atoms with Crippen LogP contribution < -0.4 is 0 Å². The first kappa shape index (κ1) is 10.7. The Bertz CT molecular complexity index is 374. The van der Waals surface area contributed by atoms with E-state index in [9.17, 15) is 4.79 Å². The highest BCUT2D eigenvalue weighted by atomic mass is 79.9. The van der Waals surface area contributed by atoms with Crippen molar-refractivity contribution < 1.29 is 4.79 Å². The van der Waals surface area contributed by atoms with Gasteiger partial charge in [-0.3, -0.25) is 4.79 Å². The van der Waals surface area contributed by atoms with E-state index in [0.29, 0.717) is 10.3 Å². The number of carbonyl (C=O) groups excluding carboxylic acids is 1. The molecular weight excluding hydrogens is 250 g/mol. The number of aromatic nitrogens is 3. The van der Waals surface area contributed by atoms with E-state index < -0.39 is 0 Å². The number of amides is 1. The van der Waals surface area contributed by atoms with Crippen LogP contribution in [0.5, 0.6) is 0 Å². The molecule has 14 heavy (non-hydrogen) atoms. The van der Waals surface area contributed by atoms with Crippen LogP contribution in [0.15, 0.2) is 4.60 Å². The summed E-state index contributed by atoms with van der Waals surface area (Å²) >= 11 is 3.11. The lowest BCUT2D eigenvalue weighted by molar-refractivity contribution is 0.0800. The number of carbonyl (C=O) groups is 1. The van der Waals surface area contributed by atoms with Crippen LogP contribution in [0.25, 0.3) is 0 Å². The smallest absolute Gasteiger partial charge is 0.275 e. The monoisotopic (exact) mass is 257 g/mol. The molecule has 0 unspecified atom stereocenters. The summed E-state index contributed by atoms with van der Waals surface area (Å²) < 4.78 is 1.75. The molecular formula is C7H8BrN5O. The molecule has 0 aliphatic heterocycles. The molecule has 1 aromatic rings. The maximum absolute atomic E-state index is 11.7. The van der Waals surface area contributed by atoms with Gasteiger partial charge < -0.3 is 4.90 Å². The molecule has 1 rings (SSSR count). The van der Waals surface area contributed by atoms with Gasteiger partial charge in [-0.15, -0.1) is 5.10 Å². The number of nitriles is 1. The predicted molar refractivity (Wildman–Crippen MR) is 51.3 cm³/mol. The van der Waals surface area contributed by atoms with E-state index in [1.807, 2.05) is 6.07 Å². The molecule has 0 aliphatic rings. The maximum Gasteiger partial charge on any atom is 0.275 e. The molecule has 0 bridgehead atoms. The Morgan fingerprint density at radius 2 is 2.43 bits per heavy atom. The second-order valence-electron chi connectivity index (χ2n) is 2.67. The van der Waals surface area contributed by atoms with Crippen molar-refractivity contribution in [3.05, 3.63) is 10.3 Å². The van der Waals surface area contributed by atoms with Gasteiger partial charge in [-0.1, -0.05) is 5.21 Å². The third-order valence-electron chi connectivity index (χ3n) is 1.64. The van der Waals surface area contributed by atoms with E-state index in [0.717, 1.165) is 0 Å². The molecule has 1 heterocycles. The Morgan fingerprint density at radius 1 is 1.79 bits per heavy atom. The summed E-state index contributed by atoms with van der Waals surface area (Å²) in [6.45, 7) is 0.0381. The van der Waals surface area contributed by atoms with Gasteiger partial charge in [0.25, 0.3) is 5.91 Å². The molecule has 74 valence electrons. The summed E-state index contributed by atoms with van der Waals surface area (Å²) in [5.74, 6) is -0.286. The van der Waals surface area contributed by atoms with E-state index in [4.69, 9.17) is 5.26 Å². The molecule has 1 amide bonds. The van der Waals surface area contributed by atoms with Crippen molar-refractivity contribution in [1.82, 2.24) is 19.9 Å². The molecule has 0 fully saturated rings. The highest BCUT2D eigenvalue weighted by Gasteiger charge is 2.20. The number of nitrogens with zero attached hydrogens (tertiary/aromatic N) is 5. The molecule has 1 aromatic heterocycles. The van der Waals surface area contributed by atoms with Crippen molar-refractivity contribution in [3.63, 3.8) is 0 Å². The summed E-state index contributed by atoms with van der Waals surface area (Å²) in [5, 5.41) is 15.8. The molecule has 0 saturated heterocycles. The average Bonchev–Trinajstić information content (AvgIpc) is 2.46. The minimum absolute atomic E-state index is 0.0381. The third-order valence-corrected chi connectivity index (χ3v) is 2.18. The highest BCUT2D eigenvalue weighted by Crippen LogP contribution is 2.13. The zero-order chi connectivity index (χ0) is 10.7. The van der Waals surface area contributed by atoms with Crippen molar-refractivity contribution in [2.45, 2.75) is 0 Å². The van der Waals surface area contributed by atoms with Crippen molar-refractivity contribution in [2.24, 2.45) is 7.05 Å². The lowest BCUT2D eigenvalue weighted by atomic mass is 10.4. The van der Waals surface area contributed by atoms with Gasteiger partial charge in [0.15, 0.2) is 10.3 Å². The van der Waals surface area contributed by atoms with Crippen LogP contribution in [0.1, 0.15) is 10.5 Å². The van der Waals surface area contributed by atoms with E-state index in [1.165, 1.54) is 9.58 Å². The summed E-state index contributed by atoms with van der Waals surface area (Å²) in [4.78, 5) is 13.0. The van der Waals surface area contributed by atoms with Crippen LogP contribution in [0.4, 0.5) is 0 Å². The Balaban J connectivity index is 2.95. The van der Waals surface area contributed by atoms with E-state index >= 15 is 0 Å². The summed E-state index contributed by atoms with van der Waals surface area (Å²) in [5.41, 5.74) is 0.336. The second kappa shape index (κ2) is 4.19. The van der Waals surface area contributed by atoms with Crippen LogP contribution in [0.3, 0.4) is 0 Å². The topological polar surface area (TPSA) is 74.8 Å². The average molecular weight is 258 g/mol. The number of rotatable bonds is 2. The zero-order valence-corrected chi connectivity index (χ0v) is 9.32. The van der Waals surface area contributed by atoms with E-state index in [1.54, 1.807) is 14.1 Å². The van der Waals surface area contributed by atoms with Crippen LogP contribution in [-0.2, 0) is 7.05 Å². The van der Waals surface area contributed by atoms with E-state index in [2.05, 4.69) is 26.2 Å². The quantitative estimate of drug-likeness (QED) is 0.709. The Hall–Kier alpha value is -1.42. The van der Waals surface area contributed by atoms with Gasteiger partial charge in [-0.2, -0.15) is 5.26 Å². The number of hydrogen-bond donors (Lipinski definition) is 0. The Labute approximate surface area is 89.2 Å². The first-order valence-corrected chi connectivity index (χ1v) is 4.54. The van der Waals surface area contributed by atoms with Gasteiger partial charge in [0.05, 0.1) is 6.07 Å². The third kappa shape index (κ3) is 1.90. The van der Waals surface area contributed by atoms with Gasteiger partial charge >= 0.3 is 0 Å². The van der Waals surface area contributed by atoms with Crippen LogP contribution in [-0.4, -0.2) is 39.4 Å². The molecule has 7 heteroatoms. The largest absolute Gasteiger partial charge is 0.327 e. The SMILES string of the molecule is CN(CC#N)C(=O)c1c(Br)nnn1C. The molecule has 0 N–H and O–H groups in total. The number of aryl methyl sites for hydroxylation is 1. The minimum Gasteiger partial charge on any atom is -0.327 e. The number of hydrogen-bond acceptors (Lipinski definition) is 4. The second-order valence-corrected chi connectivity index (χ2v) is 3.42. The Morgan fingerprint density at radius 3 is 2.86 bits per heavy atom. The normalized spacial score (nSPS) is 9.57. The lowest BCUT2D eigenvalue weighted by Gasteiger charge is -2.12. The zero-order valence-electron chi connectivity index (χ0n) is 7.73. The van der Waals surface area contributed by atoms with Gasteiger partial charge in [0, 0.05) is 14.1 Å². The minimum atomic E-state index is -0.286. The van der Waals surface area contributed by atoms with Crippen molar-refractivity contribution in [3.8, 4) is 6.07 Å². The lowest BCUT2D eigenvalue weighted by Crippen LogP contribution is -2.29. The van der Waals surface area contributed by atoms with Crippen molar-refractivity contribution in [1.29, 1.82) is 5.26 Å². The highest BCUT2D eigenvalue weighted by molar-refractivity contribution is 9.10. The summed E-state index contributed by atoms with van der Waals surface area (Å²) in [6.07, 6.45) is 0. The molecule has 0 saturated carbocycles. The molecule has 0 atom stereocenters. The molecule has 0 aliphatic carbocycles. The number of halogens is 1. The van der Waals surface area contributed by atoms with Gasteiger partial charge in [0.1, 0.15) is 6.54 Å².